The second kappa shape index (κ2) is 9.82. The minimum absolute atomic E-state index is 0.0154. The minimum Gasteiger partial charge on any atom is -0.494 e. The van der Waals surface area contributed by atoms with Crippen LogP contribution in [0.15, 0.2) is 66.7 Å². The Kier molecular flexibility index (Phi) is 6.45. The normalized spacial score (nSPS) is 15.7. The summed E-state index contributed by atoms with van der Waals surface area (Å²) in [6.07, 6.45) is 0.439. The number of para-hydroxylation sites is 3. The molecule has 5 rings (SSSR count). The van der Waals surface area contributed by atoms with E-state index in [2.05, 4.69) is 36.6 Å². The molecular weight excluding hydrogens is 438 g/mol. The molecule has 4 aromatic rings. The molecule has 0 bridgehead atoms. The zero-order valence-electron chi connectivity index (χ0n) is 20.5. The summed E-state index contributed by atoms with van der Waals surface area (Å²) in [5, 5.41) is 0. The first kappa shape index (κ1) is 23.0. The maximum absolute atomic E-state index is 13.0. The van der Waals surface area contributed by atoms with Gasteiger partial charge in [-0.2, -0.15) is 0 Å². The third kappa shape index (κ3) is 4.61. The summed E-state index contributed by atoms with van der Waals surface area (Å²) in [7, 11) is 0. The molecule has 1 fully saturated rings. The molecule has 6 nitrogen and oxygen atoms in total. The van der Waals surface area contributed by atoms with Crippen molar-refractivity contribution in [1.29, 1.82) is 0 Å². The quantitative estimate of drug-likeness (QED) is 0.335. The number of nitrogens with zero attached hydrogens (tertiary/aromatic N) is 3. The Bertz CT molecular complexity index is 1320. The topological polar surface area (TPSA) is 56.6 Å². The molecule has 35 heavy (non-hydrogen) atoms. The molecule has 0 unspecified atom stereocenters. The lowest BCUT2D eigenvalue weighted by atomic mass is 10.1. The van der Waals surface area contributed by atoms with Crippen molar-refractivity contribution in [2.24, 2.45) is 0 Å². The van der Waals surface area contributed by atoms with Gasteiger partial charge in [-0.3, -0.25) is 4.79 Å². The van der Waals surface area contributed by atoms with Crippen molar-refractivity contribution < 1.29 is 14.3 Å². The first-order chi connectivity index (χ1) is 17.0. The molecular formula is C29H31N3O3. The van der Waals surface area contributed by atoms with Crippen LogP contribution in [0.2, 0.25) is 0 Å². The Morgan fingerprint density at radius 3 is 2.43 bits per heavy atom. The number of hydrogen-bond donors (Lipinski definition) is 0. The fourth-order valence-corrected chi connectivity index (χ4v) is 4.93. The van der Waals surface area contributed by atoms with Crippen LogP contribution in [0.5, 0.6) is 11.5 Å². The molecule has 180 valence electrons. The molecule has 1 saturated heterocycles. The monoisotopic (exact) mass is 469 g/mol. The average molecular weight is 470 g/mol. The predicted molar refractivity (Wildman–Crippen MR) is 138 cm³/mol. The molecule has 2 heterocycles. The summed E-state index contributed by atoms with van der Waals surface area (Å²) >= 11 is 0. The molecule has 0 saturated carbocycles. The number of carbonyl (C=O) groups excluding carboxylic acids is 1. The summed E-state index contributed by atoms with van der Waals surface area (Å²) in [5.74, 6) is 2.82. The van der Waals surface area contributed by atoms with Crippen LogP contribution in [-0.2, 0) is 11.3 Å². The number of aromatic nitrogens is 2. The van der Waals surface area contributed by atoms with Crippen LogP contribution < -0.4 is 14.4 Å². The predicted octanol–water partition coefficient (Wildman–Crippen LogP) is 5.65. The summed E-state index contributed by atoms with van der Waals surface area (Å²) in [5.41, 5.74) is 5.17. The van der Waals surface area contributed by atoms with Crippen molar-refractivity contribution in [3.05, 3.63) is 83.7 Å². The lowest BCUT2D eigenvalue weighted by Gasteiger charge is -2.18. The Labute approximate surface area is 206 Å². The zero-order chi connectivity index (χ0) is 24.4. The molecule has 1 amide bonds. The van der Waals surface area contributed by atoms with E-state index in [0.717, 1.165) is 45.2 Å². The minimum atomic E-state index is 0.0154. The Morgan fingerprint density at radius 2 is 1.69 bits per heavy atom. The van der Waals surface area contributed by atoms with Crippen LogP contribution in [0.3, 0.4) is 0 Å². The van der Waals surface area contributed by atoms with E-state index in [1.165, 1.54) is 0 Å². The smallest absolute Gasteiger partial charge is 0.227 e. The first-order valence-corrected chi connectivity index (χ1v) is 12.2. The highest BCUT2D eigenvalue weighted by Crippen LogP contribution is 2.34. The van der Waals surface area contributed by atoms with Gasteiger partial charge in [0.25, 0.3) is 0 Å². The summed E-state index contributed by atoms with van der Waals surface area (Å²) in [6, 6.07) is 22.1. The number of ether oxygens (including phenoxy) is 2. The molecule has 1 aliphatic heterocycles. The van der Waals surface area contributed by atoms with Gasteiger partial charge in [0.15, 0.2) is 0 Å². The van der Waals surface area contributed by atoms with Crippen LogP contribution >= 0.6 is 0 Å². The lowest BCUT2D eigenvalue weighted by molar-refractivity contribution is -0.117. The largest absolute Gasteiger partial charge is 0.494 e. The number of benzene rings is 3. The van der Waals surface area contributed by atoms with Crippen LogP contribution in [0.1, 0.15) is 36.2 Å². The van der Waals surface area contributed by atoms with E-state index in [1.54, 1.807) is 0 Å². The Hall–Kier alpha value is -3.80. The maximum atomic E-state index is 13.0. The van der Waals surface area contributed by atoms with Gasteiger partial charge in [0.05, 0.1) is 24.2 Å². The van der Waals surface area contributed by atoms with Crippen molar-refractivity contribution in [3.8, 4) is 11.5 Å². The second-order valence-corrected chi connectivity index (χ2v) is 9.01. The summed E-state index contributed by atoms with van der Waals surface area (Å²) in [6.45, 7) is 8.52. The number of amides is 1. The van der Waals surface area contributed by atoms with Gasteiger partial charge < -0.3 is 18.9 Å². The molecule has 0 N–H and O–H groups in total. The van der Waals surface area contributed by atoms with E-state index in [0.29, 0.717) is 32.7 Å². The van der Waals surface area contributed by atoms with Crippen molar-refractivity contribution >= 4 is 22.6 Å². The molecule has 0 radical (unpaired) electrons. The highest BCUT2D eigenvalue weighted by Gasteiger charge is 2.34. The molecule has 1 aliphatic rings. The summed E-state index contributed by atoms with van der Waals surface area (Å²) < 4.78 is 14.0. The maximum Gasteiger partial charge on any atom is 0.227 e. The molecule has 0 aliphatic carbocycles. The SMILES string of the molecule is CCOc1ccc(N2C[C@H](c3nc4ccccc4n3CCOc3c(C)cccc3C)CC2=O)cc1. The van der Waals surface area contributed by atoms with Gasteiger partial charge in [0, 0.05) is 24.6 Å². The van der Waals surface area contributed by atoms with E-state index in [-0.39, 0.29) is 11.8 Å². The van der Waals surface area contributed by atoms with Gasteiger partial charge in [-0.15, -0.1) is 0 Å². The van der Waals surface area contributed by atoms with Gasteiger partial charge in [0.2, 0.25) is 5.91 Å². The van der Waals surface area contributed by atoms with Crippen LogP contribution in [-0.4, -0.2) is 35.2 Å². The van der Waals surface area contributed by atoms with Crippen LogP contribution in [0.4, 0.5) is 5.69 Å². The highest BCUT2D eigenvalue weighted by molar-refractivity contribution is 5.96. The van der Waals surface area contributed by atoms with Crippen molar-refractivity contribution in [2.75, 3.05) is 24.7 Å². The van der Waals surface area contributed by atoms with Crippen LogP contribution in [0.25, 0.3) is 11.0 Å². The zero-order valence-corrected chi connectivity index (χ0v) is 20.5. The number of anilines is 1. The number of rotatable bonds is 8. The van der Waals surface area contributed by atoms with Crippen molar-refractivity contribution in [3.63, 3.8) is 0 Å². The Balaban J connectivity index is 1.38. The van der Waals surface area contributed by atoms with E-state index in [4.69, 9.17) is 14.5 Å². The standard InChI is InChI=1S/C29H31N3O3/c1-4-34-24-14-12-23(13-15-24)32-19-22(18-27(32)33)29-30-25-10-5-6-11-26(25)31(29)16-17-35-28-20(2)8-7-9-21(28)3/h5-15,22H,4,16-19H2,1-3H3/t22-/m1/s1. The van der Waals surface area contributed by atoms with E-state index < -0.39 is 0 Å². The fraction of sp³-hybridized carbons (Fsp3) is 0.310. The number of imidazole rings is 1. The van der Waals surface area contributed by atoms with Gasteiger partial charge in [-0.25, -0.2) is 4.98 Å². The van der Waals surface area contributed by atoms with Gasteiger partial charge in [-0.05, 0) is 68.3 Å². The van der Waals surface area contributed by atoms with Crippen molar-refractivity contribution in [1.82, 2.24) is 9.55 Å². The summed E-state index contributed by atoms with van der Waals surface area (Å²) in [4.78, 5) is 19.8. The molecule has 0 spiro atoms. The lowest BCUT2D eigenvalue weighted by Crippen LogP contribution is -2.24. The number of hydrogen-bond acceptors (Lipinski definition) is 4. The molecule has 1 aromatic heterocycles. The molecule has 3 aromatic carbocycles. The van der Waals surface area contributed by atoms with E-state index in [9.17, 15) is 4.79 Å². The van der Waals surface area contributed by atoms with Gasteiger partial charge in [0.1, 0.15) is 23.9 Å². The highest BCUT2D eigenvalue weighted by atomic mass is 16.5. The fourth-order valence-electron chi connectivity index (χ4n) is 4.93. The third-order valence-electron chi connectivity index (χ3n) is 6.60. The molecule has 6 heteroatoms. The van der Waals surface area contributed by atoms with E-state index >= 15 is 0 Å². The third-order valence-corrected chi connectivity index (χ3v) is 6.60. The first-order valence-electron chi connectivity index (χ1n) is 12.2. The number of aryl methyl sites for hydroxylation is 2. The second-order valence-electron chi connectivity index (χ2n) is 9.01. The van der Waals surface area contributed by atoms with Gasteiger partial charge >= 0.3 is 0 Å². The number of carbonyl (C=O) groups is 1. The van der Waals surface area contributed by atoms with Crippen molar-refractivity contribution in [2.45, 2.75) is 39.7 Å². The van der Waals surface area contributed by atoms with E-state index in [1.807, 2.05) is 60.4 Å². The van der Waals surface area contributed by atoms with Crippen LogP contribution in [0, 0.1) is 13.8 Å². The molecule has 1 atom stereocenters. The number of fused-ring (bicyclic) bond motifs is 1. The van der Waals surface area contributed by atoms with Gasteiger partial charge in [-0.1, -0.05) is 30.3 Å². The Morgan fingerprint density at radius 1 is 0.943 bits per heavy atom. The average Bonchev–Trinajstić information content (AvgIpc) is 3.42.